The van der Waals surface area contributed by atoms with Crippen LogP contribution in [0.1, 0.15) is 39.0 Å². The van der Waals surface area contributed by atoms with Crippen molar-refractivity contribution in [2.75, 3.05) is 7.11 Å². The van der Waals surface area contributed by atoms with Crippen molar-refractivity contribution in [3.63, 3.8) is 0 Å². The third-order valence-corrected chi connectivity index (χ3v) is 4.80. The van der Waals surface area contributed by atoms with Crippen LogP contribution in [-0.2, 0) is 21.7 Å². The Labute approximate surface area is 156 Å². The maximum atomic E-state index is 13.4. The minimum absolute atomic E-state index is 0.145. The summed E-state index contributed by atoms with van der Waals surface area (Å²) in [5.74, 6) is -1.30. The normalized spacial score (nSPS) is 13.9. The number of methoxy groups -OCH3 is 1. The van der Waals surface area contributed by atoms with Gasteiger partial charge in [-0.2, -0.15) is 13.2 Å². The van der Waals surface area contributed by atoms with Crippen molar-refractivity contribution in [3.05, 3.63) is 39.2 Å². The average Bonchev–Trinajstić information content (AvgIpc) is 3.17. The molecular formula is C16H17F3N2O5S. The molecule has 2 heterocycles. The summed E-state index contributed by atoms with van der Waals surface area (Å²) in [4.78, 5) is 27.2. The highest BCUT2D eigenvalue weighted by Crippen LogP contribution is 2.42. The number of ether oxygens (including phenoxy) is 1. The van der Waals surface area contributed by atoms with Crippen LogP contribution in [0.4, 0.5) is 13.2 Å². The van der Waals surface area contributed by atoms with Gasteiger partial charge in [0.15, 0.2) is 0 Å². The van der Waals surface area contributed by atoms with E-state index in [4.69, 9.17) is 4.42 Å². The van der Waals surface area contributed by atoms with E-state index in [1.807, 2.05) is 0 Å². The van der Waals surface area contributed by atoms with E-state index in [0.29, 0.717) is 17.0 Å². The number of carbonyl (C=O) groups is 2. The van der Waals surface area contributed by atoms with Crippen molar-refractivity contribution in [1.29, 1.82) is 0 Å². The van der Waals surface area contributed by atoms with Crippen molar-refractivity contribution in [2.24, 2.45) is 0 Å². The number of alkyl halides is 3. The van der Waals surface area contributed by atoms with Crippen LogP contribution < -0.4 is 5.32 Å². The van der Waals surface area contributed by atoms with E-state index < -0.39 is 35.1 Å². The van der Waals surface area contributed by atoms with Crippen molar-refractivity contribution in [2.45, 2.75) is 38.6 Å². The Morgan fingerprint density at radius 2 is 2.04 bits per heavy atom. The Morgan fingerprint density at radius 3 is 2.56 bits per heavy atom. The number of hydrogen-bond donors (Lipinski definition) is 2. The lowest BCUT2D eigenvalue weighted by atomic mass is 9.99. The van der Waals surface area contributed by atoms with Gasteiger partial charge >= 0.3 is 12.1 Å². The standard InChI is InChI=1S/C16H17F3N2O5S/c1-8-7-27-14(21-8)15(24,16(17,18)19)5-12(22)20-6-10-4-11(9(2)26-10)13(23)25-3/h4,7,24H,5-6H2,1-3H3,(H,20,22). The fraction of sp³-hybridized carbons (Fsp3) is 0.438. The molecule has 0 radical (unpaired) electrons. The molecule has 2 rings (SSSR count). The first-order valence-corrected chi connectivity index (χ1v) is 8.52. The van der Waals surface area contributed by atoms with Crippen LogP contribution in [0.2, 0.25) is 0 Å². The predicted molar refractivity (Wildman–Crippen MR) is 88.1 cm³/mol. The lowest BCUT2D eigenvalue weighted by molar-refractivity contribution is -0.267. The number of aliphatic hydroxyl groups is 1. The van der Waals surface area contributed by atoms with E-state index in [0.717, 1.165) is 0 Å². The Kier molecular flexibility index (Phi) is 5.95. The minimum Gasteiger partial charge on any atom is -0.465 e. The zero-order valence-corrected chi connectivity index (χ0v) is 15.5. The third kappa shape index (κ3) is 4.48. The highest BCUT2D eigenvalue weighted by molar-refractivity contribution is 7.09. The second-order valence-corrected chi connectivity index (χ2v) is 6.64. The zero-order chi connectivity index (χ0) is 20.4. The van der Waals surface area contributed by atoms with E-state index in [-0.39, 0.29) is 23.6 Å². The van der Waals surface area contributed by atoms with Crippen LogP contribution in [0.25, 0.3) is 0 Å². The number of aromatic nitrogens is 1. The quantitative estimate of drug-likeness (QED) is 0.715. The number of nitrogens with zero attached hydrogens (tertiary/aromatic N) is 1. The number of nitrogens with one attached hydrogen (secondary N) is 1. The second kappa shape index (κ2) is 7.69. The molecule has 0 fully saturated rings. The number of hydrogen-bond acceptors (Lipinski definition) is 7. The van der Waals surface area contributed by atoms with E-state index in [1.165, 1.54) is 32.4 Å². The van der Waals surface area contributed by atoms with Gasteiger partial charge in [0.2, 0.25) is 11.5 Å². The molecule has 7 nitrogen and oxygen atoms in total. The lowest BCUT2D eigenvalue weighted by Crippen LogP contribution is -2.46. The monoisotopic (exact) mass is 406 g/mol. The first-order chi connectivity index (χ1) is 12.5. The molecule has 11 heteroatoms. The van der Waals surface area contributed by atoms with Crippen molar-refractivity contribution in [1.82, 2.24) is 10.3 Å². The molecule has 0 bridgehead atoms. The van der Waals surface area contributed by atoms with E-state index in [2.05, 4.69) is 15.0 Å². The van der Waals surface area contributed by atoms with Gasteiger partial charge in [0.05, 0.1) is 20.1 Å². The summed E-state index contributed by atoms with van der Waals surface area (Å²) in [6.07, 6.45) is -6.35. The summed E-state index contributed by atoms with van der Waals surface area (Å²) >= 11 is 0.620. The fourth-order valence-electron chi connectivity index (χ4n) is 2.27. The number of halogens is 3. The van der Waals surface area contributed by atoms with Gasteiger partial charge in [0.25, 0.3) is 0 Å². The van der Waals surface area contributed by atoms with Crippen molar-refractivity contribution < 1.29 is 37.0 Å². The first kappa shape index (κ1) is 20.9. The molecule has 0 aromatic carbocycles. The van der Waals surface area contributed by atoms with Gasteiger partial charge in [0.1, 0.15) is 22.1 Å². The molecule has 0 aliphatic rings. The van der Waals surface area contributed by atoms with Crippen LogP contribution in [-0.4, -0.2) is 35.3 Å². The lowest BCUT2D eigenvalue weighted by Gasteiger charge is -2.27. The molecule has 0 saturated carbocycles. The van der Waals surface area contributed by atoms with Crippen LogP contribution in [0.3, 0.4) is 0 Å². The van der Waals surface area contributed by atoms with Gasteiger partial charge in [-0.05, 0) is 19.9 Å². The highest BCUT2D eigenvalue weighted by Gasteiger charge is 2.58. The highest BCUT2D eigenvalue weighted by atomic mass is 32.1. The molecule has 2 N–H and O–H groups in total. The topological polar surface area (TPSA) is 102 Å². The molecule has 0 saturated heterocycles. The Bertz CT molecular complexity index is 845. The first-order valence-electron chi connectivity index (χ1n) is 7.64. The number of aryl methyl sites for hydroxylation is 2. The minimum atomic E-state index is -5.09. The molecular weight excluding hydrogens is 389 g/mol. The van der Waals surface area contributed by atoms with Gasteiger partial charge in [-0.3, -0.25) is 4.79 Å². The molecule has 0 aliphatic carbocycles. The van der Waals surface area contributed by atoms with Crippen LogP contribution in [0, 0.1) is 13.8 Å². The van der Waals surface area contributed by atoms with E-state index in [1.54, 1.807) is 0 Å². The Morgan fingerprint density at radius 1 is 1.37 bits per heavy atom. The second-order valence-electron chi connectivity index (χ2n) is 5.78. The predicted octanol–water partition coefficient (Wildman–Crippen LogP) is 2.60. The molecule has 27 heavy (non-hydrogen) atoms. The largest absolute Gasteiger partial charge is 0.465 e. The molecule has 0 spiro atoms. The smallest absolute Gasteiger partial charge is 0.424 e. The van der Waals surface area contributed by atoms with E-state index >= 15 is 0 Å². The summed E-state index contributed by atoms with van der Waals surface area (Å²) in [5.41, 5.74) is -2.95. The summed E-state index contributed by atoms with van der Waals surface area (Å²) in [6, 6.07) is 1.32. The van der Waals surface area contributed by atoms with Crippen molar-refractivity contribution in [3.8, 4) is 0 Å². The fourth-order valence-corrected chi connectivity index (χ4v) is 3.18. The van der Waals surface area contributed by atoms with Gasteiger partial charge in [-0.15, -0.1) is 11.3 Å². The maximum Gasteiger partial charge on any atom is 0.424 e. The summed E-state index contributed by atoms with van der Waals surface area (Å²) in [6.45, 7) is 2.72. The molecule has 1 unspecified atom stereocenters. The van der Waals surface area contributed by atoms with E-state index in [9.17, 15) is 27.9 Å². The maximum absolute atomic E-state index is 13.4. The van der Waals surface area contributed by atoms with Crippen molar-refractivity contribution >= 4 is 23.2 Å². The SMILES string of the molecule is COC(=O)c1cc(CNC(=O)CC(O)(c2nc(C)cs2)C(F)(F)F)oc1C. The summed E-state index contributed by atoms with van der Waals surface area (Å²) in [7, 11) is 1.19. The van der Waals surface area contributed by atoms with Gasteiger partial charge in [0, 0.05) is 11.1 Å². The number of amides is 1. The molecule has 1 amide bonds. The Balaban J connectivity index is 2.10. The summed E-state index contributed by atoms with van der Waals surface area (Å²) in [5, 5.41) is 13.1. The number of esters is 1. The van der Waals surface area contributed by atoms with Crippen LogP contribution in [0.15, 0.2) is 15.9 Å². The summed E-state index contributed by atoms with van der Waals surface area (Å²) < 4.78 is 49.9. The molecule has 2 aromatic rings. The van der Waals surface area contributed by atoms with Crippen LogP contribution >= 0.6 is 11.3 Å². The molecule has 148 valence electrons. The van der Waals surface area contributed by atoms with Gasteiger partial charge < -0.3 is 19.6 Å². The zero-order valence-electron chi connectivity index (χ0n) is 14.6. The molecule has 1 atom stereocenters. The number of rotatable bonds is 6. The number of carbonyl (C=O) groups excluding carboxylic acids is 2. The number of furan rings is 1. The Hall–Kier alpha value is -2.40. The van der Waals surface area contributed by atoms with Gasteiger partial charge in [-0.25, -0.2) is 9.78 Å². The average molecular weight is 406 g/mol. The molecule has 0 aliphatic heterocycles. The third-order valence-electron chi connectivity index (χ3n) is 3.69. The molecule has 2 aromatic heterocycles. The number of thiazole rings is 1. The van der Waals surface area contributed by atoms with Gasteiger partial charge in [-0.1, -0.05) is 0 Å². The van der Waals surface area contributed by atoms with Crippen LogP contribution in [0.5, 0.6) is 0 Å².